The van der Waals surface area contributed by atoms with E-state index < -0.39 is 0 Å². The lowest BCUT2D eigenvalue weighted by molar-refractivity contribution is -0.131. The Labute approximate surface area is 221 Å². The first kappa shape index (κ1) is 30.8. The minimum atomic E-state index is -0.0471. The summed E-state index contributed by atoms with van der Waals surface area (Å²) in [4.78, 5) is 38.2. The van der Waals surface area contributed by atoms with E-state index in [9.17, 15) is 14.4 Å². The van der Waals surface area contributed by atoms with Crippen LogP contribution in [0.2, 0.25) is 0 Å². The van der Waals surface area contributed by atoms with Crippen molar-refractivity contribution in [2.75, 3.05) is 6.54 Å². The topological polar surface area (TPSA) is 63.2 Å². The standard InChI is InChI=1S/C32H55NO3/c1-2-28(30(34)25-31(35)29-22-15-11-5-3-4-6-12-16-23-29)21-17-18-24-32(36)33-26-27-19-13-9-7-8-10-14-20-27/h11,15,27-29H,2-10,12-14,16-26H2,1H3,(H,33,36). The molecule has 2 atom stereocenters. The Balaban J connectivity index is 1.65. The highest BCUT2D eigenvalue weighted by molar-refractivity contribution is 6.01. The van der Waals surface area contributed by atoms with E-state index >= 15 is 0 Å². The van der Waals surface area contributed by atoms with E-state index in [2.05, 4.69) is 17.5 Å². The van der Waals surface area contributed by atoms with Crippen LogP contribution in [0.15, 0.2) is 12.2 Å². The first-order chi connectivity index (χ1) is 17.6. The molecule has 1 fully saturated rings. The Morgan fingerprint density at radius 3 is 2.14 bits per heavy atom. The average Bonchev–Trinajstić information content (AvgIpc) is 2.95. The van der Waals surface area contributed by atoms with Gasteiger partial charge in [0, 0.05) is 24.8 Å². The highest BCUT2D eigenvalue weighted by Crippen LogP contribution is 2.24. The minimum Gasteiger partial charge on any atom is -0.356 e. The third-order valence-electron chi connectivity index (χ3n) is 8.53. The van der Waals surface area contributed by atoms with E-state index in [0.717, 1.165) is 57.9 Å². The second-order valence-electron chi connectivity index (χ2n) is 11.6. The summed E-state index contributed by atoms with van der Waals surface area (Å²) >= 11 is 0. The summed E-state index contributed by atoms with van der Waals surface area (Å²) in [5.74, 6) is 1.01. The zero-order chi connectivity index (χ0) is 25.8. The fraction of sp³-hybridized carbons (Fsp3) is 0.844. The Bertz CT molecular complexity index is 646. The Kier molecular flexibility index (Phi) is 16.8. The van der Waals surface area contributed by atoms with Gasteiger partial charge in [0.25, 0.3) is 0 Å². The van der Waals surface area contributed by atoms with Crippen LogP contribution in [-0.2, 0) is 14.4 Å². The van der Waals surface area contributed by atoms with E-state index in [1.165, 1.54) is 77.0 Å². The van der Waals surface area contributed by atoms with Gasteiger partial charge in [-0.3, -0.25) is 14.4 Å². The van der Waals surface area contributed by atoms with Crippen molar-refractivity contribution in [1.82, 2.24) is 5.32 Å². The molecule has 2 unspecified atom stereocenters. The lowest BCUT2D eigenvalue weighted by Crippen LogP contribution is -2.29. The van der Waals surface area contributed by atoms with E-state index in [1.54, 1.807) is 0 Å². The molecule has 1 N–H and O–H groups in total. The number of hydrogen-bond donors (Lipinski definition) is 1. The van der Waals surface area contributed by atoms with Gasteiger partial charge in [0.1, 0.15) is 11.6 Å². The smallest absolute Gasteiger partial charge is 0.220 e. The molecule has 0 aromatic heterocycles. The van der Waals surface area contributed by atoms with Crippen molar-refractivity contribution in [2.45, 2.75) is 148 Å². The van der Waals surface area contributed by atoms with Crippen molar-refractivity contribution in [3.8, 4) is 0 Å². The van der Waals surface area contributed by atoms with Crippen LogP contribution in [0, 0.1) is 17.8 Å². The summed E-state index contributed by atoms with van der Waals surface area (Å²) in [7, 11) is 0. The molecule has 1 saturated carbocycles. The van der Waals surface area contributed by atoms with Gasteiger partial charge in [0.2, 0.25) is 5.91 Å². The number of unbranched alkanes of at least 4 members (excludes halogenated alkanes) is 1. The summed E-state index contributed by atoms with van der Waals surface area (Å²) < 4.78 is 0. The minimum absolute atomic E-state index is 0.00622. The van der Waals surface area contributed by atoms with Crippen LogP contribution in [-0.4, -0.2) is 24.0 Å². The second kappa shape index (κ2) is 19.6. The summed E-state index contributed by atoms with van der Waals surface area (Å²) in [5.41, 5.74) is 0. The van der Waals surface area contributed by atoms with E-state index in [4.69, 9.17) is 0 Å². The van der Waals surface area contributed by atoms with Gasteiger partial charge in [0.05, 0.1) is 6.42 Å². The first-order valence-electron chi connectivity index (χ1n) is 15.6. The number of rotatable bonds is 12. The van der Waals surface area contributed by atoms with Gasteiger partial charge in [-0.25, -0.2) is 0 Å². The second-order valence-corrected chi connectivity index (χ2v) is 11.6. The molecule has 2 aliphatic rings. The van der Waals surface area contributed by atoms with Crippen LogP contribution in [0.3, 0.4) is 0 Å². The summed E-state index contributed by atoms with van der Waals surface area (Å²) in [6.45, 7) is 2.88. The number of hydrogen-bond acceptors (Lipinski definition) is 3. The van der Waals surface area contributed by atoms with Crippen molar-refractivity contribution in [3.05, 3.63) is 12.2 Å². The predicted molar refractivity (Wildman–Crippen MR) is 150 cm³/mol. The van der Waals surface area contributed by atoms with Crippen LogP contribution in [0.25, 0.3) is 0 Å². The molecule has 0 spiro atoms. The summed E-state index contributed by atoms with van der Waals surface area (Å²) in [6.07, 6.45) is 27.7. The average molecular weight is 502 g/mol. The van der Waals surface area contributed by atoms with Crippen LogP contribution < -0.4 is 5.32 Å². The van der Waals surface area contributed by atoms with Gasteiger partial charge in [0.15, 0.2) is 0 Å². The van der Waals surface area contributed by atoms with Gasteiger partial charge in [-0.2, -0.15) is 0 Å². The summed E-state index contributed by atoms with van der Waals surface area (Å²) in [6, 6.07) is 0. The number of carbonyl (C=O) groups excluding carboxylic acids is 3. The number of carbonyl (C=O) groups is 3. The molecule has 2 aliphatic carbocycles. The van der Waals surface area contributed by atoms with Crippen LogP contribution in [0.1, 0.15) is 148 Å². The van der Waals surface area contributed by atoms with Crippen molar-refractivity contribution in [2.24, 2.45) is 17.8 Å². The molecule has 0 aromatic rings. The zero-order valence-electron chi connectivity index (χ0n) is 23.4. The molecule has 0 heterocycles. The SMILES string of the molecule is CCC(CCCCC(=O)NCC1CCCCCCCC1)C(=O)CC(=O)C1CC=CCCCCCCC1. The largest absolute Gasteiger partial charge is 0.356 e. The van der Waals surface area contributed by atoms with Crippen molar-refractivity contribution in [1.29, 1.82) is 0 Å². The Morgan fingerprint density at radius 2 is 1.44 bits per heavy atom. The van der Waals surface area contributed by atoms with Gasteiger partial charge in [-0.15, -0.1) is 0 Å². The third-order valence-corrected chi connectivity index (χ3v) is 8.53. The lowest BCUT2D eigenvalue weighted by atomic mass is 9.86. The van der Waals surface area contributed by atoms with Crippen LogP contribution >= 0.6 is 0 Å². The number of allylic oxidation sites excluding steroid dienone is 2. The van der Waals surface area contributed by atoms with E-state index in [1.807, 2.05) is 6.92 Å². The highest BCUT2D eigenvalue weighted by atomic mass is 16.2. The quantitative estimate of drug-likeness (QED) is 0.166. The molecule has 1 amide bonds. The molecule has 0 aromatic carbocycles. The lowest BCUT2D eigenvalue weighted by Gasteiger charge is -2.18. The van der Waals surface area contributed by atoms with Gasteiger partial charge < -0.3 is 5.32 Å². The maximum Gasteiger partial charge on any atom is 0.220 e. The van der Waals surface area contributed by atoms with Gasteiger partial charge in [-0.05, 0) is 63.7 Å². The third kappa shape index (κ3) is 13.7. The van der Waals surface area contributed by atoms with Gasteiger partial charge in [-0.1, -0.05) is 89.7 Å². The molecular weight excluding hydrogens is 446 g/mol. The molecule has 0 radical (unpaired) electrons. The maximum absolute atomic E-state index is 13.0. The summed E-state index contributed by atoms with van der Waals surface area (Å²) in [5, 5.41) is 3.17. The molecule has 2 rings (SSSR count). The van der Waals surface area contributed by atoms with Crippen molar-refractivity contribution < 1.29 is 14.4 Å². The Morgan fingerprint density at radius 1 is 0.806 bits per heavy atom. The molecule has 0 saturated heterocycles. The maximum atomic E-state index is 13.0. The molecule has 4 heteroatoms. The zero-order valence-corrected chi connectivity index (χ0v) is 23.4. The van der Waals surface area contributed by atoms with Gasteiger partial charge >= 0.3 is 0 Å². The monoisotopic (exact) mass is 501 g/mol. The fourth-order valence-electron chi connectivity index (χ4n) is 5.97. The molecule has 4 nitrogen and oxygen atoms in total. The van der Waals surface area contributed by atoms with Crippen LogP contribution in [0.5, 0.6) is 0 Å². The van der Waals surface area contributed by atoms with Crippen molar-refractivity contribution in [3.63, 3.8) is 0 Å². The van der Waals surface area contributed by atoms with Crippen molar-refractivity contribution >= 4 is 17.5 Å². The molecule has 206 valence electrons. The predicted octanol–water partition coefficient (Wildman–Crippen LogP) is 8.27. The normalized spacial score (nSPS) is 21.9. The van der Waals surface area contributed by atoms with E-state index in [0.29, 0.717) is 12.3 Å². The molecule has 0 bridgehead atoms. The fourth-order valence-corrected chi connectivity index (χ4v) is 5.97. The molecule has 0 aliphatic heterocycles. The number of Topliss-reactive ketones (excluding diaryl/α,β-unsaturated/α-hetero) is 2. The number of amides is 1. The number of ketones is 2. The highest BCUT2D eigenvalue weighted by Gasteiger charge is 2.24. The first-order valence-corrected chi connectivity index (χ1v) is 15.6. The Hall–Kier alpha value is -1.45. The molecule has 36 heavy (non-hydrogen) atoms. The molecular formula is C32H55NO3. The van der Waals surface area contributed by atoms with E-state index in [-0.39, 0.29) is 35.7 Å². The van der Waals surface area contributed by atoms with Crippen LogP contribution in [0.4, 0.5) is 0 Å². The number of nitrogens with one attached hydrogen (secondary N) is 1.